The van der Waals surface area contributed by atoms with Crippen molar-refractivity contribution in [2.75, 3.05) is 12.8 Å². The Morgan fingerprint density at radius 1 is 1.30 bits per heavy atom. The first kappa shape index (κ1) is 17.2. The maximum Gasteiger partial charge on any atom is 0.259 e. The predicted molar refractivity (Wildman–Crippen MR) is 87.8 cm³/mol. The Hall–Kier alpha value is -2.15. The number of nitrogens with one attached hydrogen (secondary N) is 1. The van der Waals surface area contributed by atoms with Gasteiger partial charge in [0.05, 0.1) is 6.26 Å². The van der Waals surface area contributed by atoms with Crippen molar-refractivity contribution in [3.05, 3.63) is 42.0 Å². The predicted octanol–water partition coefficient (Wildman–Crippen LogP) is 1.16. The minimum atomic E-state index is -3.64. The summed E-state index contributed by atoms with van der Waals surface area (Å²) in [4.78, 5) is 25.7. The molecule has 1 aromatic rings. The minimum Gasteiger partial charge on any atom is -0.328 e. The van der Waals surface area contributed by atoms with Crippen LogP contribution in [0.3, 0.4) is 0 Å². The lowest BCUT2D eigenvalue weighted by Crippen LogP contribution is -2.67. The SMILES string of the molecule is CC1(C(=O)NS(C)(=O)=O)CCN1C(=O)C/C=C/c1ccccc1. The summed E-state index contributed by atoms with van der Waals surface area (Å²) in [6.45, 7) is 2.03. The number of carbonyl (C=O) groups excluding carboxylic acids is 2. The van der Waals surface area contributed by atoms with Crippen LogP contribution in [0, 0.1) is 0 Å². The fraction of sp³-hybridized carbons (Fsp3) is 0.375. The second-order valence-corrected chi connectivity index (χ2v) is 7.54. The van der Waals surface area contributed by atoms with Crippen LogP contribution in [0.15, 0.2) is 36.4 Å². The molecule has 1 heterocycles. The third kappa shape index (κ3) is 4.19. The van der Waals surface area contributed by atoms with Gasteiger partial charge in [0.1, 0.15) is 5.54 Å². The summed E-state index contributed by atoms with van der Waals surface area (Å²) in [7, 11) is -3.64. The van der Waals surface area contributed by atoms with E-state index < -0.39 is 21.5 Å². The Labute approximate surface area is 136 Å². The summed E-state index contributed by atoms with van der Waals surface area (Å²) in [5.41, 5.74) is -0.109. The lowest BCUT2D eigenvalue weighted by Gasteiger charge is -2.48. The van der Waals surface area contributed by atoms with Gasteiger partial charge in [-0.1, -0.05) is 42.5 Å². The Morgan fingerprint density at radius 2 is 1.96 bits per heavy atom. The van der Waals surface area contributed by atoms with Gasteiger partial charge in [0.2, 0.25) is 15.9 Å². The smallest absolute Gasteiger partial charge is 0.259 e. The maximum atomic E-state index is 12.2. The van der Waals surface area contributed by atoms with E-state index in [1.807, 2.05) is 41.1 Å². The number of likely N-dealkylation sites (tertiary alicyclic amines) is 1. The van der Waals surface area contributed by atoms with Gasteiger partial charge < -0.3 is 4.90 Å². The second-order valence-electron chi connectivity index (χ2n) is 5.79. The van der Waals surface area contributed by atoms with E-state index in [1.54, 1.807) is 13.0 Å². The van der Waals surface area contributed by atoms with Crippen LogP contribution >= 0.6 is 0 Å². The zero-order valence-electron chi connectivity index (χ0n) is 13.2. The summed E-state index contributed by atoms with van der Waals surface area (Å²) in [5, 5.41) is 0. The van der Waals surface area contributed by atoms with Gasteiger partial charge in [-0.15, -0.1) is 0 Å². The van der Waals surface area contributed by atoms with Gasteiger partial charge in [0.25, 0.3) is 5.91 Å². The normalized spacial score (nSPS) is 21.0. The molecule has 1 unspecified atom stereocenters. The molecule has 6 nitrogen and oxygen atoms in total. The largest absolute Gasteiger partial charge is 0.328 e. The van der Waals surface area contributed by atoms with E-state index in [2.05, 4.69) is 0 Å². The van der Waals surface area contributed by atoms with Crippen molar-refractivity contribution in [3.63, 3.8) is 0 Å². The Bertz CT molecular complexity index is 728. The molecule has 124 valence electrons. The van der Waals surface area contributed by atoms with Crippen LogP contribution < -0.4 is 4.72 Å². The first-order chi connectivity index (χ1) is 10.7. The van der Waals surface area contributed by atoms with Crippen LogP contribution in [0.2, 0.25) is 0 Å². The summed E-state index contributed by atoms with van der Waals surface area (Å²) in [5.74, 6) is -0.860. The average Bonchev–Trinajstić information content (AvgIpc) is 2.44. The molecule has 1 aliphatic heterocycles. The number of nitrogens with zero attached hydrogens (tertiary/aromatic N) is 1. The van der Waals surface area contributed by atoms with Crippen LogP contribution in [0.1, 0.15) is 25.3 Å². The Balaban J connectivity index is 1.97. The van der Waals surface area contributed by atoms with Gasteiger partial charge in [-0.2, -0.15) is 0 Å². The van der Waals surface area contributed by atoms with Crippen LogP contribution in [0.25, 0.3) is 6.08 Å². The van der Waals surface area contributed by atoms with Crippen LogP contribution in [0.5, 0.6) is 0 Å². The molecule has 0 bridgehead atoms. The molecule has 0 spiro atoms. The first-order valence-corrected chi connectivity index (χ1v) is 9.16. The van der Waals surface area contributed by atoms with Gasteiger partial charge in [0, 0.05) is 13.0 Å². The van der Waals surface area contributed by atoms with Gasteiger partial charge in [-0.25, -0.2) is 8.42 Å². The number of benzene rings is 1. The third-order valence-electron chi connectivity index (χ3n) is 3.89. The molecular formula is C16H20N2O4S. The van der Waals surface area contributed by atoms with Gasteiger partial charge >= 0.3 is 0 Å². The maximum absolute atomic E-state index is 12.2. The lowest BCUT2D eigenvalue weighted by atomic mass is 9.85. The summed E-state index contributed by atoms with van der Waals surface area (Å²) < 4.78 is 24.3. The molecule has 1 atom stereocenters. The lowest BCUT2D eigenvalue weighted by molar-refractivity contribution is -0.155. The Morgan fingerprint density at radius 3 is 2.48 bits per heavy atom. The molecular weight excluding hydrogens is 316 g/mol. The Kier molecular flexibility index (Phi) is 4.89. The van der Waals surface area contributed by atoms with Crippen molar-refractivity contribution in [1.29, 1.82) is 0 Å². The average molecular weight is 336 g/mol. The van der Waals surface area contributed by atoms with E-state index in [0.717, 1.165) is 11.8 Å². The molecule has 1 saturated heterocycles. The number of amides is 2. The van der Waals surface area contributed by atoms with Gasteiger partial charge in [0.15, 0.2) is 0 Å². The van der Waals surface area contributed by atoms with Crippen molar-refractivity contribution in [3.8, 4) is 0 Å². The molecule has 0 aliphatic carbocycles. The third-order valence-corrected chi connectivity index (χ3v) is 4.44. The first-order valence-electron chi connectivity index (χ1n) is 7.27. The molecule has 0 saturated carbocycles. The van der Waals surface area contributed by atoms with E-state index in [9.17, 15) is 18.0 Å². The molecule has 0 radical (unpaired) electrons. The minimum absolute atomic E-state index is 0.163. The molecule has 1 aliphatic rings. The van der Waals surface area contributed by atoms with E-state index in [-0.39, 0.29) is 12.3 Å². The number of carbonyl (C=O) groups is 2. The van der Waals surface area contributed by atoms with Crippen molar-refractivity contribution >= 4 is 27.9 Å². The molecule has 0 aromatic heterocycles. The summed E-state index contributed by atoms with van der Waals surface area (Å²) in [6.07, 6.45) is 5.11. The molecule has 23 heavy (non-hydrogen) atoms. The highest BCUT2D eigenvalue weighted by Crippen LogP contribution is 2.31. The fourth-order valence-corrected chi connectivity index (χ4v) is 3.00. The molecule has 1 fully saturated rings. The topological polar surface area (TPSA) is 83.6 Å². The number of sulfonamides is 1. The standard InChI is InChI=1S/C16H20N2O4S/c1-16(15(20)17-23(2,21)22)11-12-18(16)14(19)10-6-9-13-7-4-3-5-8-13/h3-9H,10-12H2,1-2H3,(H,17,20)/b9-6+. The monoisotopic (exact) mass is 336 g/mol. The highest BCUT2D eigenvalue weighted by atomic mass is 32.2. The zero-order chi connectivity index (χ0) is 17.1. The van der Waals surface area contributed by atoms with Crippen molar-refractivity contribution in [2.45, 2.75) is 25.3 Å². The molecule has 1 aromatic carbocycles. The van der Waals surface area contributed by atoms with Crippen molar-refractivity contribution in [2.24, 2.45) is 0 Å². The van der Waals surface area contributed by atoms with Gasteiger partial charge in [-0.3, -0.25) is 14.3 Å². The molecule has 2 rings (SSSR count). The number of hydrogen-bond acceptors (Lipinski definition) is 4. The van der Waals surface area contributed by atoms with Crippen molar-refractivity contribution < 1.29 is 18.0 Å². The highest BCUT2D eigenvalue weighted by Gasteiger charge is 2.49. The van der Waals surface area contributed by atoms with E-state index in [4.69, 9.17) is 0 Å². The van der Waals surface area contributed by atoms with Crippen LogP contribution in [0.4, 0.5) is 0 Å². The van der Waals surface area contributed by atoms with Crippen LogP contribution in [-0.2, 0) is 19.6 Å². The van der Waals surface area contributed by atoms with Gasteiger partial charge in [-0.05, 0) is 18.9 Å². The highest BCUT2D eigenvalue weighted by molar-refractivity contribution is 7.89. The van der Waals surface area contributed by atoms with Crippen molar-refractivity contribution in [1.82, 2.24) is 9.62 Å². The zero-order valence-corrected chi connectivity index (χ0v) is 14.0. The molecule has 2 amide bonds. The second kappa shape index (κ2) is 6.54. The summed E-state index contributed by atoms with van der Waals surface area (Å²) in [6, 6.07) is 9.57. The number of rotatable bonds is 5. The van der Waals surface area contributed by atoms with E-state index in [1.165, 1.54) is 4.90 Å². The molecule has 1 N–H and O–H groups in total. The van der Waals surface area contributed by atoms with E-state index in [0.29, 0.717) is 13.0 Å². The quantitative estimate of drug-likeness (QED) is 0.874. The number of hydrogen-bond donors (Lipinski definition) is 1. The van der Waals surface area contributed by atoms with E-state index >= 15 is 0 Å². The van der Waals surface area contributed by atoms with Crippen LogP contribution in [-0.4, -0.2) is 43.5 Å². The molecule has 7 heteroatoms. The summed E-state index contributed by atoms with van der Waals surface area (Å²) >= 11 is 0. The fourth-order valence-electron chi connectivity index (χ4n) is 2.44.